The normalized spacial score (nSPS) is 36.3. The van der Waals surface area contributed by atoms with Crippen LogP contribution in [-0.2, 0) is 4.79 Å². The van der Waals surface area contributed by atoms with Gasteiger partial charge in [0.1, 0.15) is 0 Å². The van der Waals surface area contributed by atoms with Gasteiger partial charge in [-0.3, -0.25) is 10.1 Å². The van der Waals surface area contributed by atoms with Crippen LogP contribution >= 0.6 is 0 Å². The summed E-state index contributed by atoms with van der Waals surface area (Å²) >= 11 is 0. The van der Waals surface area contributed by atoms with Crippen LogP contribution in [0.15, 0.2) is 0 Å². The molecule has 3 nitrogen and oxygen atoms in total. The van der Waals surface area contributed by atoms with E-state index in [9.17, 15) is 4.79 Å². The molecule has 110 valence electrons. The fourth-order valence-electron chi connectivity index (χ4n) is 3.73. The van der Waals surface area contributed by atoms with Crippen molar-refractivity contribution in [2.45, 2.75) is 84.5 Å². The molecule has 1 amide bonds. The predicted molar refractivity (Wildman–Crippen MR) is 78.7 cm³/mol. The Hall–Kier alpha value is -0.570. The van der Waals surface area contributed by atoms with E-state index < -0.39 is 0 Å². The van der Waals surface area contributed by atoms with Gasteiger partial charge in [0.2, 0.25) is 5.91 Å². The molecular weight excluding hydrogens is 236 g/mol. The molecule has 3 heteroatoms. The Morgan fingerprint density at radius 2 is 1.79 bits per heavy atom. The van der Waals surface area contributed by atoms with E-state index in [2.05, 4.69) is 37.9 Å². The Morgan fingerprint density at radius 3 is 2.26 bits per heavy atom. The van der Waals surface area contributed by atoms with Crippen molar-refractivity contribution in [3.63, 3.8) is 0 Å². The van der Waals surface area contributed by atoms with Crippen LogP contribution in [0.4, 0.5) is 0 Å². The van der Waals surface area contributed by atoms with Crippen LogP contribution in [0, 0.1) is 11.8 Å². The Balaban J connectivity index is 2.03. The highest BCUT2D eigenvalue weighted by Gasteiger charge is 2.43. The quantitative estimate of drug-likeness (QED) is 0.848. The maximum absolute atomic E-state index is 12.6. The standard InChI is InChI=1S/C16H30N2O/c1-5-12-7-9-13(10-8-12)18-14(6-2)17-15(11(3)4)16(18)19/h11-15,17H,5-10H2,1-4H3. The monoisotopic (exact) mass is 266 g/mol. The molecule has 0 aromatic carbocycles. The third-order valence-electron chi connectivity index (χ3n) is 5.07. The van der Waals surface area contributed by atoms with E-state index in [1.807, 2.05) is 0 Å². The summed E-state index contributed by atoms with van der Waals surface area (Å²) in [7, 11) is 0. The Labute approximate surface area is 118 Å². The van der Waals surface area contributed by atoms with Crippen molar-refractivity contribution in [1.82, 2.24) is 10.2 Å². The van der Waals surface area contributed by atoms with Gasteiger partial charge in [0.25, 0.3) is 0 Å². The maximum Gasteiger partial charge on any atom is 0.241 e. The number of hydrogen-bond acceptors (Lipinski definition) is 2. The largest absolute Gasteiger partial charge is 0.323 e. The summed E-state index contributed by atoms with van der Waals surface area (Å²) in [5.41, 5.74) is 0. The molecule has 19 heavy (non-hydrogen) atoms. The lowest BCUT2D eigenvalue weighted by Crippen LogP contribution is -2.46. The van der Waals surface area contributed by atoms with Gasteiger partial charge in [-0.25, -0.2) is 0 Å². The van der Waals surface area contributed by atoms with E-state index in [-0.39, 0.29) is 12.2 Å². The lowest BCUT2D eigenvalue weighted by molar-refractivity contribution is -0.133. The van der Waals surface area contributed by atoms with Crippen molar-refractivity contribution >= 4 is 5.91 Å². The second-order valence-corrected chi connectivity index (χ2v) is 6.64. The molecule has 1 aliphatic heterocycles. The van der Waals surface area contributed by atoms with Gasteiger partial charge in [-0.1, -0.05) is 34.1 Å². The number of rotatable bonds is 4. The summed E-state index contributed by atoms with van der Waals surface area (Å²) in [6.07, 6.45) is 7.58. The summed E-state index contributed by atoms with van der Waals surface area (Å²) in [4.78, 5) is 14.8. The average molecular weight is 266 g/mol. The highest BCUT2D eigenvalue weighted by Crippen LogP contribution is 2.33. The summed E-state index contributed by atoms with van der Waals surface area (Å²) in [5.74, 6) is 1.63. The fraction of sp³-hybridized carbons (Fsp3) is 0.938. The molecule has 1 N–H and O–H groups in total. The van der Waals surface area contributed by atoms with Crippen LogP contribution in [0.3, 0.4) is 0 Å². The second-order valence-electron chi connectivity index (χ2n) is 6.64. The van der Waals surface area contributed by atoms with Crippen LogP contribution < -0.4 is 5.32 Å². The van der Waals surface area contributed by atoms with Gasteiger partial charge in [0.15, 0.2) is 0 Å². The zero-order valence-corrected chi connectivity index (χ0v) is 13.0. The maximum atomic E-state index is 12.6. The van der Waals surface area contributed by atoms with E-state index in [1.165, 1.54) is 32.1 Å². The fourth-order valence-corrected chi connectivity index (χ4v) is 3.73. The predicted octanol–water partition coefficient (Wildman–Crippen LogP) is 3.15. The molecule has 1 heterocycles. The van der Waals surface area contributed by atoms with E-state index >= 15 is 0 Å². The van der Waals surface area contributed by atoms with Crippen LogP contribution in [0.2, 0.25) is 0 Å². The minimum absolute atomic E-state index is 0.0360. The van der Waals surface area contributed by atoms with Gasteiger partial charge in [-0.15, -0.1) is 0 Å². The number of carbonyl (C=O) groups is 1. The smallest absolute Gasteiger partial charge is 0.241 e. The van der Waals surface area contributed by atoms with Crippen LogP contribution in [-0.4, -0.2) is 29.1 Å². The molecule has 0 radical (unpaired) electrons. The van der Waals surface area contributed by atoms with Gasteiger partial charge in [0.05, 0.1) is 12.2 Å². The minimum atomic E-state index is 0.0360. The number of carbonyl (C=O) groups excluding carboxylic acids is 1. The SMILES string of the molecule is CCC1CCC(N2C(=O)C(C(C)C)NC2CC)CC1. The van der Waals surface area contributed by atoms with Crippen LogP contribution in [0.25, 0.3) is 0 Å². The summed E-state index contributed by atoms with van der Waals surface area (Å²) in [5, 5.41) is 3.54. The number of nitrogens with zero attached hydrogens (tertiary/aromatic N) is 1. The van der Waals surface area contributed by atoms with E-state index in [4.69, 9.17) is 0 Å². The Morgan fingerprint density at radius 1 is 1.16 bits per heavy atom. The molecular formula is C16H30N2O. The Kier molecular flexibility index (Phi) is 4.88. The molecule has 0 aromatic rings. The molecule has 1 saturated heterocycles. The van der Waals surface area contributed by atoms with Gasteiger partial charge in [-0.05, 0) is 43.9 Å². The Bertz CT molecular complexity index is 308. The average Bonchev–Trinajstić information content (AvgIpc) is 2.76. The van der Waals surface area contributed by atoms with E-state index in [1.54, 1.807) is 0 Å². The first-order valence-corrected chi connectivity index (χ1v) is 8.16. The first-order valence-electron chi connectivity index (χ1n) is 8.16. The number of nitrogens with one attached hydrogen (secondary N) is 1. The molecule has 0 aromatic heterocycles. The molecule has 2 aliphatic rings. The summed E-state index contributed by atoms with van der Waals surface area (Å²) < 4.78 is 0. The molecule has 2 atom stereocenters. The minimum Gasteiger partial charge on any atom is -0.323 e. The number of amides is 1. The van der Waals surface area contributed by atoms with Crippen LogP contribution in [0.5, 0.6) is 0 Å². The van der Waals surface area contributed by atoms with Crippen LogP contribution in [0.1, 0.15) is 66.2 Å². The molecule has 2 unspecified atom stereocenters. The third-order valence-corrected chi connectivity index (χ3v) is 5.07. The van der Waals surface area contributed by atoms with Crippen molar-refractivity contribution in [1.29, 1.82) is 0 Å². The summed E-state index contributed by atoms with van der Waals surface area (Å²) in [6, 6.07) is 0.519. The lowest BCUT2D eigenvalue weighted by Gasteiger charge is -2.37. The van der Waals surface area contributed by atoms with Gasteiger partial charge < -0.3 is 4.90 Å². The highest BCUT2D eigenvalue weighted by molar-refractivity contribution is 5.85. The van der Waals surface area contributed by atoms with Gasteiger partial charge in [0, 0.05) is 6.04 Å². The first-order chi connectivity index (χ1) is 9.08. The molecule has 1 aliphatic carbocycles. The van der Waals surface area contributed by atoms with Gasteiger partial charge in [-0.2, -0.15) is 0 Å². The van der Waals surface area contributed by atoms with E-state index in [0.29, 0.717) is 17.9 Å². The van der Waals surface area contributed by atoms with Crippen molar-refractivity contribution in [2.24, 2.45) is 11.8 Å². The van der Waals surface area contributed by atoms with Crippen molar-refractivity contribution in [2.75, 3.05) is 0 Å². The third kappa shape index (κ3) is 2.96. The van der Waals surface area contributed by atoms with Crippen molar-refractivity contribution < 1.29 is 4.79 Å². The highest BCUT2D eigenvalue weighted by atomic mass is 16.2. The molecule has 2 rings (SSSR count). The summed E-state index contributed by atoms with van der Waals surface area (Å²) in [6.45, 7) is 8.75. The molecule has 1 saturated carbocycles. The topological polar surface area (TPSA) is 32.3 Å². The van der Waals surface area contributed by atoms with Crippen molar-refractivity contribution in [3.8, 4) is 0 Å². The zero-order valence-electron chi connectivity index (χ0n) is 13.0. The molecule has 0 bridgehead atoms. The number of hydrogen-bond donors (Lipinski definition) is 1. The van der Waals surface area contributed by atoms with E-state index in [0.717, 1.165) is 12.3 Å². The lowest BCUT2D eigenvalue weighted by atomic mass is 9.83. The second kappa shape index (κ2) is 6.25. The first kappa shape index (κ1) is 14.8. The molecule has 0 spiro atoms. The van der Waals surface area contributed by atoms with Gasteiger partial charge >= 0.3 is 0 Å². The zero-order chi connectivity index (χ0) is 14.0. The van der Waals surface area contributed by atoms with Crippen molar-refractivity contribution in [3.05, 3.63) is 0 Å². The molecule has 2 fully saturated rings.